The minimum atomic E-state index is -3.73. The van der Waals surface area contributed by atoms with Crippen LogP contribution in [0.3, 0.4) is 0 Å². The average molecular weight is 367 g/mol. The van der Waals surface area contributed by atoms with E-state index in [1.165, 1.54) is 12.1 Å². The van der Waals surface area contributed by atoms with Crippen LogP contribution < -0.4 is 0 Å². The summed E-state index contributed by atoms with van der Waals surface area (Å²) in [5.74, 6) is -0.772. The molecule has 0 N–H and O–H groups in total. The van der Waals surface area contributed by atoms with Crippen molar-refractivity contribution >= 4 is 21.4 Å². The molecule has 2 aromatic rings. The van der Waals surface area contributed by atoms with E-state index in [-0.39, 0.29) is 21.1 Å². The van der Waals surface area contributed by atoms with Crippen LogP contribution in [-0.4, -0.2) is 20.0 Å². The van der Waals surface area contributed by atoms with Crippen LogP contribution in [0.15, 0.2) is 64.0 Å². The highest BCUT2D eigenvalue weighted by atomic mass is 32.2. The van der Waals surface area contributed by atoms with Gasteiger partial charge in [0.05, 0.1) is 16.4 Å². The van der Waals surface area contributed by atoms with Gasteiger partial charge in [0.1, 0.15) is 5.60 Å². The number of hydrogen-bond acceptors (Lipinski definition) is 4. The van der Waals surface area contributed by atoms with E-state index in [4.69, 9.17) is 11.3 Å². The molecule has 0 aliphatic carbocycles. The normalized spacial score (nSPS) is 14.6. The average Bonchev–Trinajstić information content (AvgIpc) is 2.57. The van der Waals surface area contributed by atoms with Crippen LogP contribution in [0, 0.1) is 6.57 Å². The van der Waals surface area contributed by atoms with Gasteiger partial charge >= 0.3 is 5.97 Å². The molecule has 0 unspecified atom stereocenters. The quantitative estimate of drug-likeness (QED) is 0.372. The summed E-state index contributed by atoms with van der Waals surface area (Å²) in [7, 11) is -3.73. The molecule has 1 aliphatic rings. The fraction of sp³-hybridized carbons (Fsp3) is 0.200. The van der Waals surface area contributed by atoms with E-state index in [0.29, 0.717) is 11.1 Å². The van der Waals surface area contributed by atoms with Crippen LogP contribution in [0.2, 0.25) is 0 Å². The lowest BCUT2D eigenvalue weighted by molar-refractivity contribution is -0.149. The lowest BCUT2D eigenvalue weighted by Gasteiger charge is -2.25. The number of benzene rings is 2. The number of fused-ring (bicyclic) bond motifs is 2. The third-order valence-electron chi connectivity index (χ3n) is 3.83. The van der Waals surface area contributed by atoms with Gasteiger partial charge in [-0.3, -0.25) is 4.79 Å². The number of esters is 1. The summed E-state index contributed by atoms with van der Waals surface area (Å²) in [6, 6.07) is 12.8. The number of rotatable bonds is 1. The highest BCUT2D eigenvalue weighted by Crippen LogP contribution is 2.43. The summed E-state index contributed by atoms with van der Waals surface area (Å²) in [6.45, 7) is 12.7. The Hall–Kier alpha value is -2.91. The largest absolute Gasteiger partial charge is 0.465 e. The first-order chi connectivity index (χ1) is 12.2. The van der Waals surface area contributed by atoms with E-state index in [2.05, 4.69) is 4.85 Å². The molecule has 0 aromatic heterocycles. The molecule has 5 nitrogen and oxygen atoms in total. The van der Waals surface area contributed by atoms with Crippen molar-refractivity contribution in [2.24, 2.45) is 0 Å². The van der Waals surface area contributed by atoms with Gasteiger partial charge < -0.3 is 4.74 Å². The maximum atomic E-state index is 12.9. The van der Waals surface area contributed by atoms with Crippen molar-refractivity contribution in [3.63, 3.8) is 0 Å². The molecule has 0 bridgehead atoms. The van der Waals surface area contributed by atoms with Gasteiger partial charge in [-0.15, -0.1) is 0 Å². The van der Waals surface area contributed by atoms with Gasteiger partial charge in [-0.05, 0) is 44.0 Å². The van der Waals surface area contributed by atoms with Gasteiger partial charge in [-0.2, -0.15) is 0 Å². The van der Waals surface area contributed by atoms with Crippen LogP contribution in [0.4, 0.5) is 0 Å². The molecule has 0 saturated heterocycles. The number of carbonyl (C=O) groups is 1. The third-order valence-corrected chi connectivity index (χ3v) is 5.70. The standard InChI is InChI=1S/C20H17NO4S/c1-20(2,3)25-19(22)18(21-4)17-13-9-5-7-11-15(13)26(23,24)16-12-8-6-10-14(16)17/h5-12H,1-3H3. The van der Waals surface area contributed by atoms with Gasteiger partial charge in [-0.25, -0.2) is 13.3 Å². The van der Waals surface area contributed by atoms with E-state index >= 15 is 0 Å². The van der Waals surface area contributed by atoms with Crippen LogP contribution in [-0.2, 0) is 19.4 Å². The minimum Gasteiger partial charge on any atom is -0.465 e. The van der Waals surface area contributed by atoms with E-state index in [9.17, 15) is 13.2 Å². The Balaban J connectivity index is 2.39. The van der Waals surface area contributed by atoms with Gasteiger partial charge in [0, 0.05) is 5.57 Å². The Morgan fingerprint density at radius 3 is 1.85 bits per heavy atom. The highest BCUT2D eigenvalue weighted by Gasteiger charge is 2.35. The van der Waals surface area contributed by atoms with Crippen molar-refractivity contribution < 1.29 is 17.9 Å². The number of carbonyl (C=O) groups excluding carboxylic acids is 1. The predicted molar refractivity (Wildman–Crippen MR) is 96.8 cm³/mol. The highest BCUT2D eigenvalue weighted by molar-refractivity contribution is 7.91. The fourth-order valence-corrected chi connectivity index (χ4v) is 4.54. The lowest BCUT2D eigenvalue weighted by atomic mass is 9.95. The number of sulfone groups is 1. The molecule has 0 saturated carbocycles. The Bertz CT molecular complexity index is 1030. The molecule has 0 spiro atoms. The molecule has 132 valence electrons. The van der Waals surface area contributed by atoms with Crippen molar-refractivity contribution in [1.29, 1.82) is 0 Å². The second-order valence-electron chi connectivity index (χ2n) is 6.83. The summed E-state index contributed by atoms with van der Waals surface area (Å²) in [5.41, 5.74) is -0.0380. The zero-order chi connectivity index (χ0) is 19.1. The SMILES string of the molecule is [C-]#[N+]C(C(=O)OC(C)(C)C)=C1c2ccccc2S(=O)(=O)c2ccccc21. The predicted octanol–water partition coefficient (Wildman–Crippen LogP) is 3.85. The minimum absolute atomic E-state index is 0.0819. The molecule has 6 heteroatoms. The number of ether oxygens (including phenoxy) is 1. The zero-order valence-electron chi connectivity index (χ0n) is 14.6. The first-order valence-corrected chi connectivity index (χ1v) is 9.44. The first-order valence-electron chi connectivity index (χ1n) is 7.96. The lowest BCUT2D eigenvalue weighted by Crippen LogP contribution is -2.25. The molecule has 1 heterocycles. The van der Waals surface area contributed by atoms with Crippen LogP contribution in [0.5, 0.6) is 0 Å². The Morgan fingerprint density at radius 2 is 1.42 bits per heavy atom. The molecule has 3 rings (SSSR count). The van der Waals surface area contributed by atoms with Crippen LogP contribution >= 0.6 is 0 Å². The van der Waals surface area contributed by atoms with Crippen molar-refractivity contribution in [2.45, 2.75) is 36.2 Å². The van der Waals surface area contributed by atoms with Gasteiger partial charge in [0.15, 0.2) is 0 Å². The molecule has 0 amide bonds. The van der Waals surface area contributed by atoms with Crippen molar-refractivity contribution in [3.8, 4) is 0 Å². The fourth-order valence-electron chi connectivity index (χ4n) is 2.86. The van der Waals surface area contributed by atoms with Gasteiger partial charge in [-0.1, -0.05) is 36.4 Å². The van der Waals surface area contributed by atoms with E-state index in [1.807, 2.05) is 0 Å². The van der Waals surface area contributed by atoms with Crippen molar-refractivity contribution in [2.75, 3.05) is 0 Å². The van der Waals surface area contributed by atoms with Crippen molar-refractivity contribution in [1.82, 2.24) is 0 Å². The zero-order valence-corrected chi connectivity index (χ0v) is 15.4. The summed E-state index contributed by atoms with van der Waals surface area (Å²) in [6.07, 6.45) is 0. The summed E-state index contributed by atoms with van der Waals surface area (Å²) < 4.78 is 31.2. The monoisotopic (exact) mass is 367 g/mol. The maximum Gasteiger partial charge on any atom is 0.337 e. The summed E-state index contributed by atoms with van der Waals surface area (Å²) in [5, 5.41) is 0. The van der Waals surface area contributed by atoms with E-state index in [1.54, 1.807) is 57.2 Å². The number of nitrogens with zero attached hydrogens (tertiary/aromatic N) is 1. The number of hydrogen-bond donors (Lipinski definition) is 0. The first kappa shape index (κ1) is 17.9. The Kier molecular flexibility index (Phi) is 4.21. The molecule has 0 atom stereocenters. The van der Waals surface area contributed by atoms with Gasteiger partial charge in [0.2, 0.25) is 9.84 Å². The second-order valence-corrected chi connectivity index (χ2v) is 8.72. The summed E-state index contributed by atoms with van der Waals surface area (Å²) in [4.78, 5) is 16.2. The Labute approximate surface area is 152 Å². The molecular formula is C20H17NO4S. The molecule has 0 fully saturated rings. The van der Waals surface area contributed by atoms with Crippen molar-refractivity contribution in [3.05, 3.63) is 76.8 Å². The molecule has 2 aromatic carbocycles. The molecule has 0 radical (unpaired) electrons. The topological polar surface area (TPSA) is 64.8 Å². The van der Waals surface area contributed by atoms with Crippen LogP contribution in [0.1, 0.15) is 31.9 Å². The molecule has 26 heavy (non-hydrogen) atoms. The summed E-state index contributed by atoms with van der Waals surface area (Å²) >= 11 is 0. The van der Waals surface area contributed by atoms with E-state index in [0.717, 1.165) is 0 Å². The van der Waals surface area contributed by atoms with Gasteiger partial charge in [0.25, 0.3) is 5.70 Å². The molecular weight excluding hydrogens is 350 g/mol. The second kappa shape index (κ2) is 6.11. The smallest absolute Gasteiger partial charge is 0.337 e. The Morgan fingerprint density at radius 1 is 0.962 bits per heavy atom. The third kappa shape index (κ3) is 2.91. The van der Waals surface area contributed by atoms with Crippen LogP contribution in [0.25, 0.3) is 10.4 Å². The maximum absolute atomic E-state index is 12.9. The molecule has 1 aliphatic heterocycles. The van der Waals surface area contributed by atoms with E-state index < -0.39 is 21.4 Å².